The lowest BCUT2D eigenvalue weighted by Crippen LogP contribution is -2.15. The van der Waals surface area contributed by atoms with E-state index in [1.807, 2.05) is 0 Å². The average molecular weight is 315 g/mol. The number of nitrogen functional groups attached to an aromatic ring is 1. The minimum absolute atomic E-state index is 0.00984. The lowest BCUT2D eigenvalue weighted by molar-refractivity contribution is 0.600. The molecule has 0 aliphatic heterocycles. The second-order valence-corrected chi connectivity index (χ2v) is 6.26. The van der Waals surface area contributed by atoms with Crippen molar-refractivity contribution in [1.29, 1.82) is 0 Å². The van der Waals surface area contributed by atoms with E-state index in [2.05, 4.69) is 4.72 Å². The highest BCUT2D eigenvalue weighted by molar-refractivity contribution is 7.92. The molecule has 0 saturated carbocycles. The maximum absolute atomic E-state index is 13.2. The van der Waals surface area contributed by atoms with E-state index in [1.54, 1.807) is 13.0 Å². The van der Waals surface area contributed by atoms with E-state index < -0.39 is 15.8 Å². The fourth-order valence-corrected chi connectivity index (χ4v) is 3.27. The van der Waals surface area contributed by atoms with Gasteiger partial charge in [0.15, 0.2) is 0 Å². The van der Waals surface area contributed by atoms with Gasteiger partial charge in [-0.2, -0.15) is 0 Å². The summed E-state index contributed by atoms with van der Waals surface area (Å²) in [5.74, 6) is -0.584. The number of nitrogens with one attached hydrogen (secondary N) is 1. The highest BCUT2D eigenvalue weighted by Crippen LogP contribution is 2.27. The van der Waals surface area contributed by atoms with Crippen LogP contribution in [0.25, 0.3) is 0 Å². The van der Waals surface area contributed by atoms with Crippen molar-refractivity contribution in [2.75, 3.05) is 10.5 Å². The molecule has 7 heteroatoms. The first-order valence-electron chi connectivity index (χ1n) is 5.64. The fourth-order valence-electron chi connectivity index (χ4n) is 1.70. The largest absolute Gasteiger partial charge is 0.397 e. The first-order valence-corrected chi connectivity index (χ1v) is 7.50. The monoisotopic (exact) mass is 314 g/mol. The van der Waals surface area contributed by atoms with Crippen LogP contribution < -0.4 is 10.5 Å². The van der Waals surface area contributed by atoms with Gasteiger partial charge in [-0.3, -0.25) is 4.72 Å². The van der Waals surface area contributed by atoms with Gasteiger partial charge < -0.3 is 5.73 Å². The molecule has 106 valence electrons. The number of anilines is 2. The van der Waals surface area contributed by atoms with Crippen LogP contribution in [-0.2, 0) is 10.0 Å². The van der Waals surface area contributed by atoms with Crippen molar-refractivity contribution in [2.45, 2.75) is 11.8 Å². The summed E-state index contributed by atoms with van der Waals surface area (Å²) >= 11 is 5.90. The summed E-state index contributed by atoms with van der Waals surface area (Å²) in [5, 5.41) is 0.333. The zero-order chi connectivity index (χ0) is 14.9. The molecule has 0 bridgehead atoms. The minimum Gasteiger partial charge on any atom is -0.397 e. The van der Waals surface area contributed by atoms with Crippen LogP contribution in [0.3, 0.4) is 0 Å². The van der Waals surface area contributed by atoms with Crippen molar-refractivity contribution in [2.24, 2.45) is 0 Å². The first kappa shape index (κ1) is 14.6. The molecule has 2 aromatic carbocycles. The standard InChI is InChI=1S/C13H12ClFN2O2S/c1-8-10(14)3-2-4-13(8)20(18,19)17-12-7-9(15)5-6-11(12)16/h2-7,17H,16H2,1H3. The Kier molecular flexibility index (Phi) is 3.87. The summed E-state index contributed by atoms with van der Waals surface area (Å²) in [5.41, 5.74) is 6.16. The summed E-state index contributed by atoms with van der Waals surface area (Å²) in [6.07, 6.45) is 0. The van der Waals surface area contributed by atoms with Crippen molar-refractivity contribution < 1.29 is 12.8 Å². The van der Waals surface area contributed by atoms with Crippen LogP contribution in [0.1, 0.15) is 5.56 Å². The Morgan fingerprint density at radius 2 is 1.95 bits per heavy atom. The van der Waals surface area contributed by atoms with E-state index in [4.69, 9.17) is 17.3 Å². The third-order valence-corrected chi connectivity index (χ3v) is 4.69. The third-order valence-electron chi connectivity index (χ3n) is 2.77. The second-order valence-electron chi connectivity index (χ2n) is 4.20. The van der Waals surface area contributed by atoms with Gasteiger partial charge in [0.05, 0.1) is 16.3 Å². The molecule has 0 heterocycles. The fraction of sp³-hybridized carbons (Fsp3) is 0.0769. The molecule has 3 N–H and O–H groups in total. The van der Waals surface area contributed by atoms with Crippen LogP contribution in [0.5, 0.6) is 0 Å². The molecule has 0 amide bonds. The number of nitrogens with two attached hydrogens (primary N) is 1. The zero-order valence-corrected chi connectivity index (χ0v) is 12.1. The van der Waals surface area contributed by atoms with Gasteiger partial charge in [-0.1, -0.05) is 17.7 Å². The summed E-state index contributed by atoms with van der Waals surface area (Å²) in [4.78, 5) is 0.0219. The van der Waals surface area contributed by atoms with Crippen molar-refractivity contribution in [3.8, 4) is 0 Å². The van der Waals surface area contributed by atoms with Gasteiger partial charge in [-0.05, 0) is 36.8 Å². The van der Waals surface area contributed by atoms with E-state index in [1.165, 1.54) is 18.2 Å². The summed E-state index contributed by atoms with van der Waals surface area (Å²) in [6, 6.07) is 7.99. The molecular weight excluding hydrogens is 303 g/mol. The number of sulfonamides is 1. The molecule has 0 aliphatic carbocycles. The van der Waals surface area contributed by atoms with E-state index in [-0.39, 0.29) is 16.3 Å². The average Bonchev–Trinajstić information content (AvgIpc) is 2.36. The molecule has 0 saturated heterocycles. The SMILES string of the molecule is Cc1c(Cl)cccc1S(=O)(=O)Nc1cc(F)ccc1N. The molecule has 2 rings (SSSR count). The molecule has 20 heavy (non-hydrogen) atoms. The van der Waals surface area contributed by atoms with E-state index in [0.717, 1.165) is 12.1 Å². The molecule has 0 radical (unpaired) electrons. The molecule has 4 nitrogen and oxygen atoms in total. The summed E-state index contributed by atoms with van der Waals surface area (Å²) in [7, 11) is -3.89. The topological polar surface area (TPSA) is 72.2 Å². The Labute approximate surface area is 121 Å². The van der Waals surface area contributed by atoms with Gasteiger partial charge in [0, 0.05) is 11.1 Å². The Hall–Kier alpha value is -1.79. The maximum atomic E-state index is 13.2. The lowest BCUT2D eigenvalue weighted by Gasteiger charge is -2.12. The normalized spacial score (nSPS) is 11.3. The predicted octanol–water partition coefficient (Wildman–Crippen LogP) is 3.17. The number of rotatable bonds is 3. The van der Waals surface area contributed by atoms with Crippen molar-refractivity contribution in [3.63, 3.8) is 0 Å². The van der Waals surface area contributed by atoms with Gasteiger partial charge in [-0.25, -0.2) is 12.8 Å². The molecule has 0 aromatic heterocycles. The predicted molar refractivity (Wildman–Crippen MR) is 77.8 cm³/mol. The van der Waals surface area contributed by atoms with Gasteiger partial charge in [-0.15, -0.1) is 0 Å². The van der Waals surface area contributed by atoms with Gasteiger partial charge in [0.25, 0.3) is 10.0 Å². The summed E-state index contributed by atoms with van der Waals surface area (Å²) < 4.78 is 40.0. The highest BCUT2D eigenvalue weighted by atomic mass is 35.5. The van der Waals surface area contributed by atoms with Gasteiger partial charge in [0.2, 0.25) is 0 Å². The first-order chi connectivity index (χ1) is 9.31. The Morgan fingerprint density at radius 3 is 2.65 bits per heavy atom. The quantitative estimate of drug-likeness (QED) is 0.855. The van der Waals surface area contributed by atoms with Crippen LogP contribution >= 0.6 is 11.6 Å². The number of halogens is 2. The van der Waals surface area contributed by atoms with E-state index in [0.29, 0.717) is 10.6 Å². The second kappa shape index (κ2) is 5.30. The van der Waals surface area contributed by atoms with Crippen molar-refractivity contribution in [3.05, 3.63) is 52.8 Å². The lowest BCUT2D eigenvalue weighted by atomic mass is 10.2. The van der Waals surface area contributed by atoms with Crippen LogP contribution in [0.2, 0.25) is 5.02 Å². The Morgan fingerprint density at radius 1 is 1.25 bits per heavy atom. The number of benzene rings is 2. The van der Waals surface area contributed by atoms with Crippen LogP contribution in [0, 0.1) is 12.7 Å². The molecule has 0 atom stereocenters. The number of hydrogen-bond acceptors (Lipinski definition) is 3. The van der Waals surface area contributed by atoms with Crippen molar-refractivity contribution in [1.82, 2.24) is 0 Å². The summed E-state index contributed by atoms with van der Waals surface area (Å²) in [6.45, 7) is 1.59. The zero-order valence-electron chi connectivity index (χ0n) is 10.5. The van der Waals surface area contributed by atoms with Crippen LogP contribution in [0.4, 0.5) is 15.8 Å². The van der Waals surface area contributed by atoms with Gasteiger partial charge >= 0.3 is 0 Å². The van der Waals surface area contributed by atoms with E-state index >= 15 is 0 Å². The molecule has 0 aliphatic rings. The molecule has 0 fully saturated rings. The van der Waals surface area contributed by atoms with E-state index in [9.17, 15) is 12.8 Å². The van der Waals surface area contributed by atoms with Crippen molar-refractivity contribution >= 4 is 33.0 Å². The molecule has 0 unspecified atom stereocenters. The Bertz CT molecular complexity index is 763. The maximum Gasteiger partial charge on any atom is 0.262 e. The Balaban J connectivity index is 2.46. The van der Waals surface area contributed by atoms with Crippen LogP contribution in [-0.4, -0.2) is 8.42 Å². The number of hydrogen-bond donors (Lipinski definition) is 2. The minimum atomic E-state index is -3.89. The molecule has 0 spiro atoms. The highest BCUT2D eigenvalue weighted by Gasteiger charge is 2.19. The van der Waals surface area contributed by atoms with Gasteiger partial charge in [0.1, 0.15) is 5.82 Å². The molecular formula is C13H12ClFN2O2S. The smallest absolute Gasteiger partial charge is 0.262 e. The van der Waals surface area contributed by atoms with Crippen LogP contribution in [0.15, 0.2) is 41.3 Å². The molecule has 2 aromatic rings. The third kappa shape index (κ3) is 2.86.